The number of halogens is 1. The number of carbonyl (C=O) groups is 1. The Balaban J connectivity index is 2.52. The highest BCUT2D eigenvalue weighted by molar-refractivity contribution is 6.30. The van der Waals surface area contributed by atoms with Crippen molar-refractivity contribution in [2.24, 2.45) is 5.73 Å². The zero-order valence-corrected chi connectivity index (χ0v) is 10.3. The number of nitrogens with one attached hydrogen (secondary N) is 1. The normalized spacial score (nSPS) is 14.2. The van der Waals surface area contributed by atoms with Crippen LogP contribution in [0.5, 0.6) is 0 Å². The van der Waals surface area contributed by atoms with Crippen molar-refractivity contribution in [1.29, 1.82) is 0 Å². The van der Waals surface area contributed by atoms with Gasteiger partial charge in [0.1, 0.15) is 0 Å². The van der Waals surface area contributed by atoms with Gasteiger partial charge in [-0.2, -0.15) is 0 Å². The molecule has 0 bridgehead atoms. The van der Waals surface area contributed by atoms with Crippen molar-refractivity contribution in [1.82, 2.24) is 5.32 Å². The molecule has 1 aromatic carbocycles. The zero-order valence-electron chi connectivity index (χ0n) is 9.59. The van der Waals surface area contributed by atoms with E-state index in [1.807, 2.05) is 19.1 Å². The summed E-state index contributed by atoms with van der Waals surface area (Å²) in [6.45, 7) is 4.09. The highest BCUT2D eigenvalue weighted by Crippen LogP contribution is 2.10. The molecule has 0 fully saturated rings. The topological polar surface area (TPSA) is 55.1 Å². The van der Waals surface area contributed by atoms with Crippen LogP contribution < -0.4 is 11.1 Å². The van der Waals surface area contributed by atoms with Gasteiger partial charge in [-0.3, -0.25) is 4.79 Å². The van der Waals surface area contributed by atoms with E-state index in [1.54, 1.807) is 19.1 Å². The summed E-state index contributed by atoms with van der Waals surface area (Å²) in [6.07, 6.45) is 0.611. The Morgan fingerprint density at radius 2 is 2.00 bits per heavy atom. The Hall–Kier alpha value is -1.06. The molecule has 0 aliphatic carbocycles. The molecule has 0 saturated heterocycles. The first kappa shape index (κ1) is 13.0. The van der Waals surface area contributed by atoms with Gasteiger partial charge < -0.3 is 11.1 Å². The van der Waals surface area contributed by atoms with E-state index in [4.69, 9.17) is 17.3 Å². The third kappa shape index (κ3) is 3.51. The lowest BCUT2D eigenvalue weighted by Crippen LogP contribution is -2.50. The second-order valence-corrected chi connectivity index (χ2v) is 4.52. The van der Waals surface area contributed by atoms with E-state index in [-0.39, 0.29) is 5.91 Å². The minimum absolute atomic E-state index is 0.134. The van der Waals surface area contributed by atoms with Gasteiger partial charge in [0.15, 0.2) is 0 Å². The van der Waals surface area contributed by atoms with Crippen LogP contribution in [0.15, 0.2) is 24.3 Å². The summed E-state index contributed by atoms with van der Waals surface area (Å²) in [5, 5.41) is 3.49. The van der Waals surface area contributed by atoms with Crippen molar-refractivity contribution < 1.29 is 4.79 Å². The minimum atomic E-state index is -0.799. The molecule has 1 aromatic rings. The van der Waals surface area contributed by atoms with Crippen LogP contribution in [-0.2, 0) is 11.3 Å². The Morgan fingerprint density at radius 1 is 1.44 bits per heavy atom. The van der Waals surface area contributed by atoms with Crippen molar-refractivity contribution in [2.45, 2.75) is 32.4 Å². The average molecular weight is 241 g/mol. The second-order valence-electron chi connectivity index (χ2n) is 4.08. The van der Waals surface area contributed by atoms with Gasteiger partial charge in [-0.05, 0) is 31.0 Å². The summed E-state index contributed by atoms with van der Waals surface area (Å²) in [7, 11) is 0. The van der Waals surface area contributed by atoms with E-state index in [0.29, 0.717) is 18.0 Å². The number of rotatable bonds is 4. The Kier molecular flexibility index (Phi) is 4.33. The SMILES string of the molecule is CCC(C)(N)C(=O)NCc1ccc(Cl)cc1. The van der Waals surface area contributed by atoms with Crippen LogP contribution in [0.25, 0.3) is 0 Å². The van der Waals surface area contributed by atoms with Gasteiger partial charge in [-0.15, -0.1) is 0 Å². The first-order valence-electron chi connectivity index (χ1n) is 5.27. The summed E-state index contributed by atoms with van der Waals surface area (Å²) in [5.74, 6) is -0.134. The maximum atomic E-state index is 11.7. The maximum absolute atomic E-state index is 11.7. The lowest BCUT2D eigenvalue weighted by molar-refractivity contribution is -0.126. The van der Waals surface area contributed by atoms with Crippen LogP contribution in [0.3, 0.4) is 0 Å². The molecule has 0 aliphatic rings. The lowest BCUT2D eigenvalue weighted by Gasteiger charge is -2.21. The molecule has 88 valence electrons. The highest BCUT2D eigenvalue weighted by atomic mass is 35.5. The number of nitrogens with two attached hydrogens (primary N) is 1. The molecule has 3 nitrogen and oxygen atoms in total. The molecule has 1 atom stereocenters. The number of benzene rings is 1. The molecule has 4 heteroatoms. The maximum Gasteiger partial charge on any atom is 0.240 e. The predicted octanol–water partition coefficient (Wildman–Crippen LogP) is 2.08. The molecule has 1 unspecified atom stereocenters. The first-order valence-corrected chi connectivity index (χ1v) is 5.65. The summed E-state index contributed by atoms with van der Waals surface area (Å²) in [6, 6.07) is 7.35. The van der Waals surface area contributed by atoms with Crippen molar-refractivity contribution >= 4 is 17.5 Å². The van der Waals surface area contributed by atoms with Gasteiger partial charge in [-0.25, -0.2) is 0 Å². The number of hydrogen-bond donors (Lipinski definition) is 2. The van der Waals surface area contributed by atoms with E-state index in [9.17, 15) is 4.79 Å². The molecule has 3 N–H and O–H groups in total. The summed E-state index contributed by atoms with van der Waals surface area (Å²) in [4.78, 5) is 11.7. The van der Waals surface area contributed by atoms with Gasteiger partial charge in [-0.1, -0.05) is 30.7 Å². The van der Waals surface area contributed by atoms with Crippen LogP contribution in [0, 0.1) is 0 Å². The summed E-state index contributed by atoms with van der Waals surface area (Å²) in [5.41, 5.74) is 6.02. The van der Waals surface area contributed by atoms with E-state index in [1.165, 1.54) is 0 Å². The molecule has 0 heterocycles. The third-order valence-corrected chi connectivity index (χ3v) is 2.87. The van der Waals surface area contributed by atoms with Crippen molar-refractivity contribution in [3.8, 4) is 0 Å². The highest BCUT2D eigenvalue weighted by Gasteiger charge is 2.25. The molecule has 0 aliphatic heterocycles. The molecule has 1 amide bonds. The van der Waals surface area contributed by atoms with E-state index < -0.39 is 5.54 Å². The Bertz CT molecular complexity index is 360. The van der Waals surface area contributed by atoms with Gasteiger partial charge in [0.25, 0.3) is 0 Å². The summed E-state index contributed by atoms with van der Waals surface area (Å²) < 4.78 is 0. The van der Waals surface area contributed by atoms with Gasteiger partial charge in [0.05, 0.1) is 5.54 Å². The van der Waals surface area contributed by atoms with Crippen molar-refractivity contribution in [3.63, 3.8) is 0 Å². The molecular formula is C12H17ClN2O. The Labute approximate surface area is 101 Å². The monoisotopic (exact) mass is 240 g/mol. The predicted molar refractivity (Wildman–Crippen MR) is 66.2 cm³/mol. The number of carbonyl (C=O) groups excluding carboxylic acids is 1. The smallest absolute Gasteiger partial charge is 0.240 e. The van der Waals surface area contributed by atoms with E-state index >= 15 is 0 Å². The fraction of sp³-hybridized carbons (Fsp3) is 0.417. The largest absolute Gasteiger partial charge is 0.350 e. The van der Waals surface area contributed by atoms with Crippen LogP contribution in [0.4, 0.5) is 0 Å². The van der Waals surface area contributed by atoms with E-state index in [2.05, 4.69) is 5.32 Å². The molecular weight excluding hydrogens is 224 g/mol. The molecule has 0 spiro atoms. The van der Waals surface area contributed by atoms with Crippen LogP contribution in [0.2, 0.25) is 5.02 Å². The fourth-order valence-corrected chi connectivity index (χ4v) is 1.27. The Morgan fingerprint density at radius 3 is 2.50 bits per heavy atom. The van der Waals surface area contributed by atoms with Crippen molar-refractivity contribution in [3.05, 3.63) is 34.9 Å². The van der Waals surface area contributed by atoms with Crippen LogP contribution >= 0.6 is 11.6 Å². The first-order chi connectivity index (χ1) is 7.45. The number of amides is 1. The van der Waals surface area contributed by atoms with Crippen LogP contribution in [-0.4, -0.2) is 11.4 Å². The third-order valence-electron chi connectivity index (χ3n) is 2.62. The lowest BCUT2D eigenvalue weighted by atomic mass is 9.99. The zero-order chi connectivity index (χ0) is 12.2. The fourth-order valence-electron chi connectivity index (χ4n) is 1.15. The molecule has 0 aromatic heterocycles. The summed E-state index contributed by atoms with van der Waals surface area (Å²) >= 11 is 5.76. The molecule has 1 rings (SSSR count). The van der Waals surface area contributed by atoms with E-state index in [0.717, 1.165) is 5.56 Å². The van der Waals surface area contributed by atoms with Crippen LogP contribution in [0.1, 0.15) is 25.8 Å². The second kappa shape index (κ2) is 5.32. The standard InChI is InChI=1S/C12H17ClN2O/c1-3-12(2,14)11(16)15-8-9-4-6-10(13)7-5-9/h4-7H,3,8,14H2,1-2H3,(H,15,16). The number of hydrogen-bond acceptors (Lipinski definition) is 2. The minimum Gasteiger partial charge on any atom is -0.350 e. The van der Waals surface area contributed by atoms with Gasteiger partial charge in [0.2, 0.25) is 5.91 Å². The molecule has 0 radical (unpaired) electrons. The van der Waals surface area contributed by atoms with Gasteiger partial charge >= 0.3 is 0 Å². The molecule has 16 heavy (non-hydrogen) atoms. The quantitative estimate of drug-likeness (QED) is 0.847. The van der Waals surface area contributed by atoms with Crippen molar-refractivity contribution in [2.75, 3.05) is 0 Å². The molecule has 0 saturated carbocycles. The average Bonchev–Trinajstić information content (AvgIpc) is 2.28. The van der Waals surface area contributed by atoms with Gasteiger partial charge in [0, 0.05) is 11.6 Å².